The highest BCUT2D eigenvalue weighted by Crippen LogP contribution is 2.58. The molecular weight excluding hydrogens is 302 g/mol. The van der Waals surface area contributed by atoms with Gasteiger partial charge in [0.1, 0.15) is 11.7 Å². The number of carbonyl (C=O) groups is 1. The summed E-state index contributed by atoms with van der Waals surface area (Å²) in [5.74, 6) is 0.195. The normalized spacial score (nSPS) is 37.1. The Hall–Kier alpha value is -1.68. The number of methoxy groups -OCH3 is 1. The standard InChI is InChI=1S/C20H25NO3/c1-13-5-4-6-15(21-13)9-10-19(2)11-14-7-8-17-20(14,23-3)16(12-19)18(22)24-17/h4-6,12,14,17H,7-11H2,1-3H3/t14?,17-,19-,20+/m1/s1. The van der Waals surface area contributed by atoms with Crippen LogP contribution in [0.2, 0.25) is 0 Å². The zero-order valence-corrected chi connectivity index (χ0v) is 14.7. The van der Waals surface area contributed by atoms with Gasteiger partial charge in [-0.1, -0.05) is 19.1 Å². The summed E-state index contributed by atoms with van der Waals surface area (Å²) < 4.78 is 11.5. The van der Waals surface area contributed by atoms with E-state index in [-0.39, 0.29) is 17.5 Å². The third-order valence-electron chi connectivity index (χ3n) is 6.19. The molecule has 24 heavy (non-hydrogen) atoms. The molecule has 1 aromatic heterocycles. The molecule has 4 atom stereocenters. The maximum absolute atomic E-state index is 12.4. The van der Waals surface area contributed by atoms with Gasteiger partial charge in [-0.2, -0.15) is 0 Å². The van der Waals surface area contributed by atoms with Crippen LogP contribution in [-0.2, 0) is 20.7 Å². The third-order valence-corrected chi connectivity index (χ3v) is 6.19. The molecule has 0 aromatic carbocycles. The summed E-state index contributed by atoms with van der Waals surface area (Å²) in [5.41, 5.74) is 2.44. The van der Waals surface area contributed by atoms with E-state index < -0.39 is 5.60 Å². The van der Waals surface area contributed by atoms with Crippen LogP contribution >= 0.6 is 0 Å². The topological polar surface area (TPSA) is 48.4 Å². The fraction of sp³-hybridized carbons (Fsp3) is 0.600. The van der Waals surface area contributed by atoms with Gasteiger partial charge in [0.2, 0.25) is 0 Å². The van der Waals surface area contributed by atoms with Crippen molar-refractivity contribution < 1.29 is 14.3 Å². The quantitative estimate of drug-likeness (QED) is 0.796. The van der Waals surface area contributed by atoms with Crippen LogP contribution in [0.25, 0.3) is 0 Å². The summed E-state index contributed by atoms with van der Waals surface area (Å²) >= 11 is 0. The molecular formula is C20H25NO3. The van der Waals surface area contributed by atoms with Gasteiger partial charge in [-0.3, -0.25) is 4.98 Å². The molecule has 1 saturated carbocycles. The maximum Gasteiger partial charge on any atom is 0.337 e. The van der Waals surface area contributed by atoms with Crippen LogP contribution in [0.15, 0.2) is 29.8 Å². The first-order valence-electron chi connectivity index (χ1n) is 8.89. The summed E-state index contributed by atoms with van der Waals surface area (Å²) in [7, 11) is 1.72. The van der Waals surface area contributed by atoms with Crippen molar-refractivity contribution in [1.29, 1.82) is 0 Å². The van der Waals surface area contributed by atoms with Gasteiger partial charge in [0.25, 0.3) is 0 Å². The van der Waals surface area contributed by atoms with Gasteiger partial charge in [-0.25, -0.2) is 4.79 Å². The molecule has 4 rings (SSSR count). The molecule has 0 radical (unpaired) electrons. The van der Waals surface area contributed by atoms with Crippen molar-refractivity contribution in [2.24, 2.45) is 11.3 Å². The van der Waals surface area contributed by atoms with E-state index >= 15 is 0 Å². The van der Waals surface area contributed by atoms with E-state index in [1.807, 2.05) is 13.0 Å². The van der Waals surface area contributed by atoms with E-state index in [9.17, 15) is 4.79 Å². The van der Waals surface area contributed by atoms with Crippen molar-refractivity contribution in [3.63, 3.8) is 0 Å². The Labute approximate surface area is 143 Å². The lowest BCUT2D eigenvalue weighted by molar-refractivity contribution is -0.141. The molecule has 2 fully saturated rings. The molecule has 3 aliphatic rings. The molecule has 4 heteroatoms. The van der Waals surface area contributed by atoms with Gasteiger partial charge in [0.05, 0.1) is 5.57 Å². The van der Waals surface area contributed by atoms with Crippen LogP contribution in [0.5, 0.6) is 0 Å². The van der Waals surface area contributed by atoms with Crippen molar-refractivity contribution in [2.45, 2.75) is 57.7 Å². The number of hydrogen-bond acceptors (Lipinski definition) is 4. The molecule has 0 spiro atoms. The van der Waals surface area contributed by atoms with E-state index in [1.165, 1.54) is 0 Å². The molecule has 2 aliphatic carbocycles. The van der Waals surface area contributed by atoms with Crippen LogP contribution in [0.1, 0.15) is 44.0 Å². The van der Waals surface area contributed by atoms with Crippen molar-refractivity contribution in [2.75, 3.05) is 7.11 Å². The van der Waals surface area contributed by atoms with E-state index in [1.54, 1.807) is 7.11 Å². The van der Waals surface area contributed by atoms with E-state index in [0.717, 1.165) is 49.1 Å². The molecule has 0 amide bonds. The molecule has 1 saturated heterocycles. The minimum absolute atomic E-state index is 0.00823. The van der Waals surface area contributed by atoms with Gasteiger partial charge in [-0.05, 0) is 62.5 Å². The molecule has 1 aliphatic heterocycles. The second-order valence-electron chi connectivity index (χ2n) is 7.85. The Balaban J connectivity index is 1.61. The van der Waals surface area contributed by atoms with Crippen molar-refractivity contribution in [3.8, 4) is 0 Å². The Morgan fingerprint density at radius 2 is 2.21 bits per heavy atom. The van der Waals surface area contributed by atoms with Crippen molar-refractivity contribution in [3.05, 3.63) is 41.2 Å². The number of aryl methyl sites for hydroxylation is 2. The first-order chi connectivity index (χ1) is 11.5. The molecule has 4 nitrogen and oxygen atoms in total. The molecule has 2 heterocycles. The average molecular weight is 327 g/mol. The van der Waals surface area contributed by atoms with Gasteiger partial charge in [-0.15, -0.1) is 0 Å². The Morgan fingerprint density at radius 3 is 2.96 bits per heavy atom. The number of ether oxygens (including phenoxy) is 2. The van der Waals surface area contributed by atoms with Crippen LogP contribution in [0.4, 0.5) is 0 Å². The van der Waals surface area contributed by atoms with Gasteiger partial charge in [0, 0.05) is 18.5 Å². The van der Waals surface area contributed by atoms with E-state index in [4.69, 9.17) is 9.47 Å². The minimum atomic E-state index is -0.488. The molecule has 0 bridgehead atoms. The smallest absolute Gasteiger partial charge is 0.337 e. The van der Waals surface area contributed by atoms with Crippen LogP contribution in [0.3, 0.4) is 0 Å². The second kappa shape index (κ2) is 5.41. The van der Waals surface area contributed by atoms with Crippen LogP contribution in [0, 0.1) is 18.3 Å². The lowest BCUT2D eigenvalue weighted by atomic mass is 9.65. The number of aromatic nitrogens is 1. The number of carbonyl (C=O) groups excluding carboxylic acids is 1. The average Bonchev–Trinajstić information content (AvgIpc) is 3.04. The summed E-state index contributed by atoms with van der Waals surface area (Å²) in [6, 6.07) is 6.17. The minimum Gasteiger partial charge on any atom is -0.455 e. The molecule has 0 N–H and O–H groups in total. The summed E-state index contributed by atoms with van der Waals surface area (Å²) in [6.45, 7) is 4.28. The number of rotatable bonds is 4. The summed E-state index contributed by atoms with van der Waals surface area (Å²) in [4.78, 5) is 17.0. The predicted octanol–water partition coefficient (Wildman–Crippen LogP) is 3.38. The highest BCUT2D eigenvalue weighted by atomic mass is 16.6. The lowest BCUT2D eigenvalue weighted by Crippen LogP contribution is -2.48. The highest BCUT2D eigenvalue weighted by Gasteiger charge is 2.64. The molecule has 1 unspecified atom stereocenters. The van der Waals surface area contributed by atoms with Crippen LogP contribution in [-0.4, -0.2) is 29.8 Å². The van der Waals surface area contributed by atoms with Gasteiger partial charge < -0.3 is 9.47 Å². The number of allylic oxidation sites excluding steroid dienone is 1. The Bertz CT molecular complexity index is 713. The van der Waals surface area contributed by atoms with Crippen LogP contribution < -0.4 is 0 Å². The summed E-state index contributed by atoms with van der Waals surface area (Å²) in [6.07, 6.45) is 7.00. The second-order valence-corrected chi connectivity index (χ2v) is 7.85. The number of pyridine rings is 1. The fourth-order valence-corrected chi connectivity index (χ4v) is 5.07. The first-order valence-corrected chi connectivity index (χ1v) is 8.89. The highest BCUT2D eigenvalue weighted by molar-refractivity contribution is 5.94. The number of esters is 1. The SMILES string of the molecule is CO[C@]12C3=C[C@](C)(CCc4cccc(C)n4)CC1CC[C@H]2OC3=O. The fourth-order valence-electron chi connectivity index (χ4n) is 5.07. The summed E-state index contributed by atoms with van der Waals surface area (Å²) in [5, 5.41) is 0. The molecule has 128 valence electrons. The predicted molar refractivity (Wildman–Crippen MR) is 90.4 cm³/mol. The number of nitrogens with zero attached hydrogens (tertiary/aromatic N) is 1. The Morgan fingerprint density at radius 1 is 1.38 bits per heavy atom. The zero-order chi connectivity index (χ0) is 16.9. The monoisotopic (exact) mass is 327 g/mol. The largest absolute Gasteiger partial charge is 0.455 e. The van der Waals surface area contributed by atoms with Gasteiger partial charge in [0.15, 0.2) is 0 Å². The maximum atomic E-state index is 12.4. The zero-order valence-electron chi connectivity index (χ0n) is 14.7. The van der Waals surface area contributed by atoms with Gasteiger partial charge >= 0.3 is 5.97 Å². The lowest BCUT2D eigenvalue weighted by Gasteiger charge is -2.43. The Kier molecular flexibility index (Phi) is 3.57. The number of hydrogen-bond donors (Lipinski definition) is 0. The van der Waals surface area contributed by atoms with Crippen molar-refractivity contribution in [1.82, 2.24) is 4.98 Å². The van der Waals surface area contributed by atoms with E-state index in [2.05, 4.69) is 30.1 Å². The first kappa shape index (κ1) is 15.8. The van der Waals surface area contributed by atoms with E-state index in [0.29, 0.717) is 5.92 Å². The third kappa shape index (κ3) is 2.23. The van der Waals surface area contributed by atoms with Crippen molar-refractivity contribution >= 4 is 5.97 Å². The molecule has 1 aromatic rings.